The van der Waals surface area contributed by atoms with E-state index in [1.807, 2.05) is 43.1 Å². The Balaban J connectivity index is 1.83. The lowest BCUT2D eigenvalue weighted by molar-refractivity contribution is 0.252. The van der Waals surface area contributed by atoms with Crippen LogP contribution in [0.15, 0.2) is 46.0 Å². The molecule has 3 heterocycles. The molecule has 0 spiro atoms. The Kier molecular flexibility index (Phi) is 5.83. The minimum absolute atomic E-state index is 0.0442. The number of ether oxygens (including phenoxy) is 2. The lowest BCUT2D eigenvalue weighted by Crippen LogP contribution is -2.35. The number of benzene rings is 1. The summed E-state index contributed by atoms with van der Waals surface area (Å²) in [6, 6.07) is 10.6. The summed E-state index contributed by atoms with van der Waals surface area (Å²) >= 11 is 5.63. The molecule has 1 aromatic heterocycles. The van der Waals surface area contributed by atoms with Crippen molar-refractivity contribution in [1.29, 1.82) is 0 Å². The molecule has 1 aromatic carbocycles. The average molecular weight is 462 g/mol. The van der Waals surface area contributed by atoms with Crippen LogP contribution in [0.1, 0.15) is 43.6 Å². The zero-order valence-electron chi connectivity index (χ0n) is 16.3. The van der Waals surface area contributed by atoms with Crippen LogP contribution in [0.5, 0.6) is 11.5 Å². The number of hydrogen-bond acceptors (Lipinski definition) is 6. The van der Waals surface area contributed by atoms with E-state index < -0.39 is 0 Å². The first-order valence-corrected chi connectivity index (χ1v) is 11.4. The number of thioether (sulfide) groups is 1. The molecule has 28 heavy (non-hydrogen) atoms. The predicted molar refractivity (Wildman–Crippen MR) is 117 cm³/mol. The molecule has 2 aliphatic rings. The Morgan fingerprint density at radius 3 is 2.79 bits per heavy atom. The summed E-state index contributed by atoms with van der Waals surface area (Å²) in [5.74, 6) is 2.57. The van der Waals surface area contributed by atoms with Crippen molar-refractivity contribution in [2.45, 2.75) is 38.4 Å². The number of nitrogens with zero attached hydrogens (tertiary/aromatic N) is 3. The molecule has 2 aromatic rings. The van der Waals surface area contributed by atoms with E-state index in [9.17, 15) is 0 Å². The highest BCUT2D eigenvalue weighted by Crippen LogP contribution is 2.51. The van der Waals surface area contributed by atoms with Gasteiger partial charge in [-0.25, -0.2) is 0 Å². The van der Waals surface area contributed by atoms with Gasteiger partial charge in [0.15, 0.2) is 16.7 Å². The molecule has 4 rings (SSSR count). The second-order valence-corrected chi connectivity index (χ2v) is 8.64. The number of rotatable bonds is 6. The van der Waals surface area contributed by atoms with E-state index in [1.54, 1.807) is 7.11 Å². The molecule has 0 saturated carbocycles. The van der Waals surface area contributed by atoms with Crippen LogP contribution < -0.4 is 9.47 Å². The van der Waals surface area contributed by atoms with Gasteiger partial charge in [0.05, 0.1) is 25.5 Å². The molecule has 0 N–H and O–H groups in total. The monoisotopic (exact) mass is 461 g/mol. The van der Waals surface area contributed by atoms with Crippen molar-refractivity contribution in [2.24, 2.45) is 4.99 Å². The van der Waals surface area contributed by atoms with Crippen LogP contribution in [0, 0.1) is 0 Å². The van der Waals surface area contributed by atoms with Gasteiger partial charge in [-0.1, -0.05) is 40.7 Å². The predicted octanol–water partition coefficient (Wildman–Crippen LogP) is 5.23. The zero-order chi connectivity index (χ0) is 19.7. The lowest BCUT2D eigenvalue weighted by atomic mass is 9.95. The van der Waals surface area contributed by atoms with E-state index in [0.717, 1.165) is 44.6 Å². The molecule has 0 amide bonds. The summed E-state index contributed by atoms with van der Waals surface area (Å²) in [4.78, 5) is 12.2. The number of aromatic nitrogens is 1. The highest BCUT2D eigenvalue weighted by molar-refractivity contribution is 9.10. The molecule has 2 aliphatic heterocycles. The fourth-order valence-electron chi connectivity index (χ4n) is 3.89. The van der Waals surface area contributed by atoms with Gasteiger partial charge in [0.25, 0.3) is 0 Å². The van der Waals surface area contributed by atoms with Crippen molar-refractivity contribution in [1.82, 2.24) is 9.88 Å². The quantitative estimate of drug-likeness (QED) is 0.588. The number of fused-ring (bicyclic) bond motifs is 1. The highest BCUT2D eigenvalue weighted by Gasteiger charge is 2.46. The van der Waals surface area contributed by atoms with E-state index in [0.29, 0.717) is 12.6 Å². The Labute approximate surface area is 178 Å². The van der Waals surface area contributed by atoms with Crippen molar-refractivity contribution in [3.8, 4) is 11.5 Å². The van der Waals surface area contributed by atoms with E-state index in [-0.39, 0.29) is 12.1 Å². The number of methoxy groups -OCH3 is 1. The maximum atomic E-state index is 5.87. The molecule has 0 aliphatic carbocycles. The standard InChI is InChI=1S/C21H24BrN3O2S/c1-4-13-12-28-21-24-19(16-8-6-7-9-23-16)20(25(13)21)14-10-18(27-5-2)17(26-3)11-15(14)22/h6-11,13,19-20H,4-5,12H2,1-3H3/t13-,19-,20+/m1/s1. The fourth-order valence-corrected chi connectivity index (χ4v) is 5.79. The second kappa shape index (κ2) is 8.33. The average Bonchev–Trinajstić information content (AvgIpc) is 3.29. The van der Waals surface area contributed by atoms with Gasteiger partial charge < -0.3 is 14.4 Å². The fraction of sp³-hybridized carbons (Fsp3) is 0.429. The lowest BCUT2D eigenvalue weighted by Gasteiger charge is -2.32. The van der Waals surface area contributed by atoms with Crippen molar-refractivity contribution < 1.29 is 9.47 Å². The molecule has 0 unspecified atom stereocenters. The number of aliphatic imine (C=N–C) groups is 1. The summed E-state index contributed by atoms with van der Waals surface area (Å²) in [6.07, 6.45) is 2.93. The Hall–Kier alpha value is -1.73. The van der Waals surface area contributed by atoms with Gasteiger partial charge in [0.2, 0.25) is 0 Å². The third kappa shape index (κ3) is 3.39. The zero-order valence-corrected chi connectivity index (χ0v) is 18.7. The van der Waals surface area contributed by atoms with Gasteiger partial charge in [0, 0.05) is 22.5 Å². The summed E-state index contributed by atoms with van der Waals surface area (Å²) < 4.78 is 12.4. The van der Waals surface area contributed by atoms with Crippen LogP contribution in [0.4, 0.5) is 0 Å². The summed E-state index contributed by atoms with van der Waals surface area (Å²) in [7, 11) is 1.67. The molecular formula is C21H24BrN3O2S. The van der Waals surface area contributed by atoms with Crippen LogP contribution in [-0.4, -0.2) is 40.6 Å². The van der Waals surface area contributed by atoms with E-state index in [2.05, 4.69) is 44.9 Å². The van der Waals surface area contributed by atoms with Gasteiger partial charge in [0.1, 0.15) is 6.04 Å². The molecule has 0 radical (unpaired) electrons. The molecule has 1 saturated heterocycles. The van der Waals surface area contributed by atoms with Gasteiger partial charge in [-0.05, 0) is 43.2 Å². The molecule has 5 nitrogen and oxygen atoms in total. The highest BCUT2D eigenvalue weighted by atomic mass is 79.9. The smallest absolute Gasteiger partial charge is 0.161 e. The van der Waals surface area contributed by atoms with Crippen molar-refractivity contribution in [3.63, 3.8) is 0 Å². The van der Waals surface area contributed by atoms with Crippen molar-refractivity contribution in [2.75, 3.05) is 19.5 Å². The Morgan fingerprint density at radius 1 is 1.25 bits per heavy atom. The number of halogens is 1. The van der Waals surface area contributed by atoms with Gasteiger partial charge in [-0.3, -0.25) is 9.98 Å². The molecule has 0 bridgehead atoms. The third-order valence-corrected chi connectivity index (χ3v) is 7.04. The largest absolute Gasteiger partial charge is 0.493 e. The third-order valence-electron chi connectivity index (χ3n) is 5.23. The molecule has 1 fully saturated rings. The number of pyridine rings is 1. The summed E-state index contributed by atoms with van der Waals surface area (Å²) in [5.41, 5.74) is 2.14. The van der Waals surface area contributed by atoms with Crippen molar-refractivity contribution >= 4 is 32.9 Å². The Bertz CT molecular complexity index is 877. The number of amidine groups is 1. The van der Waals surface area contributed by atoms with Crippen LogP contribution in [0.25, 0.3) is 0 Å². The van der Waals surface area contributed by atoms with Crippen molar-refractivity contribution in [3.05, 3.63) is 52.3 Å². The summed E-state index contributed by atoms with van der Waals surface area (Å²) in [6.45, 7) is 4.82. The van der Waals surface area contributed by atoms with Gasteiger partial charge in [-0.2, -0.15) is 0 Å². The minimum Gasteiger partial charge on any atom is -0.493 e. The van der Waals surface area contributed by atoms with E-state index >= 15 is 0 Å². The molecular weight excluding hydrogens is 438 g/mol. The topological polar surface area (TPSA) is 47.0 Å². The first-order valence-electron chi connectivity index (χ1n) is 9.58. The van der Waals surface area contributed by atoms with Crippen LogP contribution in [0.3, 0.4) is 0 Å². The normalized spacial score (nSPS) is 23.5. The van der Waals surface area contributed by atoms with Crippen LogP contribution in [-0.2, 0) is 0 Å². The molecule has 3 atom stereocenters. The van der Waals surface area contributed by atoms with Gasteiger partial charge in [-0.15, -0.1) is 0 Å². The SMILES string of the molecule is CCOc1cc([C@H]2[C@@H](c3ccccn3)N=C3SC[C@@H](CC)N32)c(Br)cc1OC. The van der Waals surface area contributed by atoms with E-state index in [1.165, 1.54) is 0 Å². The van der Waals surface area contributed by atoms with Crippen LogP contribution >= 0.6 is 27.7 Å². The maximum Gasteiger partial charge on any atom is 0.161 e. The van der Waals surface area contributed by atoms with Crippen LogP contribution in [0.2, 0.25) is 0 Å². The summed E-state index contributed by atoms with van der Waals surface area (Å²) in [5, 5.41) is 1.12. The first-order chi connectivity index (χ1) is 13.7. The second-order valence-electron chi connectivity index (χ2n) is 6.79. The molecule has 148 valence electrons. The first kappa shape index (κ1) is 19.6. The maximum absolute atomic E-state index is 5.87. The van der Waals surface area contributed by atoms with Gasteiger partial charge >= 0.3 is 0 Å². The minimum atomic E-state index is -0.0442. The molecule has 7 heteroatoms. The van der Waals surface area contributed by atoms with E-state index in [4.69, 9.17) is 14.5 Å². The number of hydrogen-bond donors (Lipinski definition) is 0. The Morgan fingerprint density at radius 2 is 2.11 bits per heavy atom.